The van der Waals surface area contributed by atoms with Crippen molar-refractivity contribution in [1.29, 1.82) is 0 Å². The van der Waals surface area contributed by atoms with Crippen LogP contribution in [0.3, 0.4) is 0 Å². The van der Waals surface area contributed by atoms with Crippen molar-refractivity contribution in [2.45, 2.75) is 45.2 Å². The fourth-order valence-corrected chi connectivity index (χ4v) is 3.03. The number of urea groups is 1. The highest BCUT2D eigenvalue weighted by molar-refractivity contribution is 9.10. The Morgan fingerprint density at radius 3 is 2.89 bits per heavy atom. The molecule has 2 amide bonds. The van der Waals surface area contributed by atoms with Crippen LogP contribution in [0, 0.1) is 5.92 Å². The summed E-state index contributed by atoms with van der Waals surface area (Å²) in [7, 11) is 0. The Bertz CT molecular complexity index is 436. The fourth-order valence-electron chi connectivity index (χ4n) is 2.58. The van der Waals surface area contributed by atoms with E-state index in [4.69, 9.17) is 0 Å². The van der Waals surface area contributed by atoms with Crippen LogP contribution in [-0.2, 0) is 6.54 Å². The normalized spacial score (nSPS) is 22.8. The largest absolute Gasteiger partial charge is 0.335 e. The topological polar surface area (TPSA) is 41.1 Å². The Morgan fingerprint density at radius 1 is 1.37 bits per heavy atom. The molecule has 0 spiro atoms. The molecule has 2 atom stereocenters. The summed E-state index contributed by atoms with van der Waals surface area (Å²) in [5.41, 5.74) is 1.10. The average Bonchev–Trinajstić information content (AvgIpc) is 2.39. The first-order valence-electron chi connectivity index (χ1n) is 6.94. The van der Waals surface area contributed by atoms with Crippen molar-refractivity contribution in [1.82, 2.24) is 10.6 Å². The molecule has 104 valence electrons. The lowest BCUT2D eigenvalue weighted by Gasteiger charge is -2.29. The van der Waals surface area contributed by atoms with E-state index in [0.717, 1.165) is 16.5 Å². The zero-order valence-corrected chi connectivity index (χ0v) is 12.9. The van der Waals surface area contributed by atoms with Gasteiger partial charge in [0.1, 0.15) is 0 Å². The van der Waals surface area contributed by atoms with E-state index in [2.05, 4.69) is 33.5 Å². The molecule has 2 rings (SSSR count). The highest BCUT2D eigenvalue weighted by atomic mass is 79.9. The number of rotatable bonds is 3. The second-order valence-electron chi connectivity index (χ2n) is 5.33. The Kier molecular flexibility index (Phi) is 5.25. The second kappa shape index (κ2) is 6.94. The quantitative estimate of drug-likeness (QED) is 0.871. The summed E-state index contributed by atoms with van der Waals surface area (Å²) in [6.07, 6.45) is 4.84. The van der Waals surface area contributed by atoms with E-state index in [1.807, 2.05) is 24.3 Å². The summed E-state index contributed by atoms with van der Waals surface area (Å²) in [5.74, 6) is 0.588. The van der Waals surface area contributed by atoms with Gasteiger partial charge in [-0.3, -0.25) is 0 Å². The minimum Gasteiger partial charge on any atom is -0.335 e. The van der Waals surface area contributed by atoms with Gasteiger partial charge in [0, 0.05) is 17.1 Å². The average molecular weight is 325 g/mol. The first-order chi connectivity index (χ1) is 9.15. The van der Waals surface area contributed by atoms with Crippen LogP contribution in [0.4, 0.5) is 4.79 Å². The van der Waals surface area contributed by atoms with Crippen LogP contribution in [0.2, 0.25) is 0 Å². The van der Waals surface area contributed by atoms with E-state index >= 15 is 0 Å². The summed E-state index contributed by atoms with van der Waals surface area (Å²) >= 11 is 3.43. The van der Waals surface area contributed by atoms with Crippen LogP contribution in [0.25, 0.3) is 0 Å². The number of hydrogen-bond donors (Lipinski definition) is 2. The van der Waals surface area contributed by atoms with Gasteiger partial charge in [-0.1, -0.05) is 47.8 Å². The van der Waals surface area contributed by atoms with Gasteiger partial charge >= 0.3 is 6.03 Å². The predicted molar refractivity (Wildman–Crippen MR) is 80.9 cm³/mol. The smallest absolute Gasteiger partial charge is 0.315 e. The van der Waals surface area contributed by atoms with Gasteiger partial charge in [-0.2, -0.15) is 0 Å². The molecule has 1 aliphatic carbocycles. The van der Waals surface area contributed by atoms with Crippen molar-refractivity contribution < 1.29 is 4.79 Å². The van der Waals surface area contributed by atoms with Crippen molar-refractivity contribution in [3.8, 4) is 0 Å². The Hall–Kier alpha value is -1.03. The third-order valence-electron chi connectivity index (χ3n) is 3.77. The molecule has 0 aliphatic heterocycles. The number of amides is 2. The third-order valence-corrected chi connectivity index (χ3v) is 4.26. The molecule has 2 unspecified atom stereocenters. The number of hydrogen-bond acceptors (Lipinski definition) is 1. The lowest BCUT2D eigenvalue weighted by atomic mass is 9.86. The highest BCUT2D eigenvalue weighted by Crippen LogP contribution is 2.23. The molecule has 0 radical (unpaired) electrons. The maximum Gasteiger partial charge on any atom is 0.315 e. The number of benzene rings is 1. The Balaban J connectivity index is 1.78. The summed E-state index contributed by atoms with van der Waals surface area (Å²) in [5, 5.41) is 6.01. The summed E-state index contributed by atoms with van der Waals surface area (Å²) in [6, 6.07) is 8.25. The van der Waals surface area contributed by atoms with Crippen LogP contribution in [-0.4, -0.2) is 12.1 Å². The summed E-state index contributed by atoms with van der Waals surface area (Å²) in [4.78, 5) is 11.9. The monoisotopic (exact) mass is 324 g/mol. The Labute approximate surface area is 123 Å². The van der Waals surface area contributed by atoms with Gasteiger partial charge in [0.05, 0.1) is 0 Å². The van der Waals surface area contributed by atoms with E-state index < -0.39 is 0 Å². The minimum atomic E-state index is -0.0567. The van der Waals surface area contributed by atoms with Gasteiger partial charge in [-0.25, -0.2) is 4.79 Å². The molecule has 0 aromatic heterocycles. The van der Waals surface area contributed by atoms with E-state index in [1.54, 1.807) is 0 Å². The fraction of sp³-hybridized carbons (Fsp3) is 0.533. The van der Waals surface area contributed by atoms with Gasteiger partial charge in [0.15, 0.2) is 0 Å². The molecule has 2 N–H and O–H groups in total. The van der Waals surface area contributed by atoms with Gasteiger partial charge < -0.3 is 10.6 Å². The number of halogens is 1. The van der Waals surface area contributed by atoms with E-state index in [-0.39, 0.29) is 6.03 Å². The Morgan fingerprint density at radius 2 is 2.16 bits per heavy atom. The first-order valence-corrected chi connectivity index (χ1v) is 7.73. The molecule has 0 bridgehead atoms. The van der Waals surface area contributed by atoms with E-state index in [0.29, 0.717) is 18.5 Å². The van der Waals surface area contributed by atoms with Crippen LogP contribution < -0.4 is 10.6 Å². The molecule has 19 heavy (non-hydrogen) atoms. The maximum atomic E-state index is 11.9. The maximum absolute atomic E-state index is 11.9. The van der Waals surface area contributed by atoms with Gasteiger partial charge in [-0.05, 0) is 36.5 Å². The lowest BCUT2D eigenvalue weighted by Crippen LogP contribution is -2.45. The standard InChI is InChI=1S/C15H21BrN2O/c1-11-5-2-3-8-14(11)18-15(19)17-10-12-6-4-7-13(16)9-12/h4,6-7,9,11,14H,2-3,5,8,10H2,1H3,(H2,17,18,19). The molecular formula is C15H21BrN2O. The van der Waals surface area contributed by atoms with Crippen LogP contribution in [0.15, 0.2) is 28.7 Å². The van der Waals surface area contributed by atoms with Gasteiger partial charge in [-0.15, -0.1) is 0 Å². The number of nitrogens with one attached hydrogen (secondary N) is 2. The highest BCUT2D eigenvalue weighted by Gasteiger charge is 2.22. The van der Waals surface area contributed by atoms with Crippen LogP contribution in [0.5, 0.6) is 0 Å². The van der Waals surface area contributed by atoms with Crippen LogP contribution in [0.1, 0.15) is 38.2 Å². The van der Waals surface area contributed by atoms with Gasteiger partial charge in [0.2, 0.25) is 0 Å². The van der Waals surface area contributed by atoms with E-state index in [1.165, 1.54) is 19.3 Å². The number of carbonyl (C=O) groups is 1. The zero-order chi connectivity index (χ0) is 13.7. The molecule has 3 nitrogen and oxygen atoms in total. The SMILES string of the molecule is CC1CCCCC1NC(=O)NCc1cccc(Br)c1. The zero-order valence-electron chi connectivity index (χ0n) is 11.3. The molecule has 1 aromatic carbocycles. The molecule has 1 saturated carbocycles. The van der Waals surface area contributed by atoms with Crippen molar-refractivity contribution in [3.05, 3.63) is 34.3 Å². The molecule has 0 saturated heterocycles. The molecule has 1 aliphatic rings. The summed E-state index contributed by atoms with van der Waals surface area (Å²) < 4.78 is 1.04. The van der Waals surface area contributed by atoms with Crippen LogP contribution >= 0.6 is 15.9 Å². The van der Waals surface area contributed by atoms with E-state index in [9.17, 15) is 4.79 Å². The molecule has 4 heteroatoms. The van der Waals surface area contributed by atoms with Gasteiger partial charge in [0.25, 0.3) is 0 Å². The van der Waals surface area contributed by atoms with Crippen molar-refractivity contribution in [2.24, 2.45) is 5.92 Å². The van der Waals surface area contributed by atoms with Crippen molar-refractivity contribution in [3.63, 3.8) is 0 Å². The second-order valence-corrected chi connectivity index (χ2v) is 6.24. The molecule has 1 fully saturated rings. The number of carbonyl (C=O) groups excluding carboxylic acids is 1. The van der Waals surface area contributed by atoms with Crippen molar-refractivity contribution in [2.75, 3.05) is 0 Å². The molecular weight excluding hydrogens is 304 g/mol. The minimum absolute atomic E-state index is 0.0567. The molecule has 1 aromatic rings. The summed E-state index contributed by atoms with van der Waals surface area (Å²) in [6.45, 7) is 2.78. The lowest BCUT2D eigenvalue weighted by molar-refractivity contribution is 0.221. The van der Waals surface area contributed by atoms with Crippen molar-refractivity contribution >= 4 is 22.0 Å². The first kappa shape index (κ1) is 14.4. The third kappa shape index (κ3) is 4.53. The predicted octanol–water partition coefficient (Wildman–Crippen LogP) is 3.83. The molecule has 0 heterocycles.